The number of ether oxygens (including phenoxy) is 5. The average molecular weight is 463 g/mol. The lowest BCUT2D eigenvalue weighted by atomic mass is 10.1. The van der Waals surface area contributed by atoms with Crippen LogP contribution in [0.2, 0.25) is 0 Å². The van der Waals surface area contributed by atoms with E-state index in [1.807, 2.05) is 36.4 Å². The van der Waals surface area contributed by atoms with Crippen molar-refractivity contribution in [2.24, 2.45) is 0 Å². The number of aliphatic carboxylic acids is 2. The van der Waals surface area contributed by atoms with Crippen molar-refractivity contribution in [1.29, 1.82) is 0 Å². The number of carbonyl (C=O) groups is 2. The van der Waals surface area contributed by atoms with Crippen molar-refractivity contribution in [3.8, 4) is 17.2 Å². The summed E-state index contributed by atoms with van der Waals surface area (Å²) < 4.78 is 28.4. The first-order valence-corrected chi connectivity index (χ1v) is 10.2. The molecule has 2 aromatic rings. The molecule has 2 atom stereocenters. The molecular formula is C23H29NO9. The van der Waals surface area contributed by atoms with E-state index in [2.05, 4.69) is 17.4 Å². The minimum Gasteiger partial charge on any atom is -0.493 e. The summed E-state index contributed by atoms with van der Waals surface area (Å²) in [5, 5.41) is 18.1. The molecule has 0 bridgehead atoms. The second kappa shape index (κ2) is 13.9. The average Bonchev–Trinajstić information content (AvgIpc) is 2.84. The van der Waals surface area contributed by atoms with Crippen LogP contribution in [0.4, 0.5) is 0 Å². The molecule has 1 aliphatic heterocycles. The number of rotatable bonds is 9. The van der Waals surface area contributed by atoms with Gasteiger partial charge in [-0.1, -0.05) is 36.4 Å². The molecule has 2 aromatic carbocycles. The Bertz CT molecular complexity index is 841. The number of para-hydroxylation sites is 1. The zero-order chi connectivity index (χ0) is 24.1. The van der Waals surface area contributed by atoms with Gasteiger partial charge in [0.1, 0.15) is 12.7 Å². The molecular weight excluding hydrogens is 434 g/mol. The highest BCUT2D eigenvalue weighted by Gasteiger charge is 2.23. The Morgan fingerprint density at radius 3 is 2.18 bits per heavy atom. The molecule has 0 amide bonds. The predicted octanol–water partition coefficient (Wildman–Crippen LogP) is 1.98. The number of carboxylic acid groups (broad SMARTS) is 2. The lowest BCUT2D eigenvalue weighted by Gasteiger charge is -2.30. The normalized spacial score (nSPS) is 17.3. The maximum atomic E-state index is 9.10. The van der Waals surface area contributed by atoms with Crippen molar-refractivity contribution in [2.45, 2.75) is 12.2 Å². The fourth-order valence-electron chi connectivity index (χ4n) is 3.01. The fourth-order valence-corrected chi connectivity index (χ4v) is 3.01. The monoisotopic (exact) mass is 463 g/mol. The molecule has 1 saturated heterocycles. The van der Waals surface area contributed by atoms with Gasteiger partial charge in [-0.3, -0.25) is 0 Å². The van der Waals surface area contributed by atoms with E-state index in [1.165, 1.54) is 0 Å². The molecule has 0 radical (unpaired) electrons. The van der Waals surface area contributed by atoms with E-state index >= 15 is 0 Å². The van der Waals surface area contributed by atoms with Crippen molar-refractivity contribution in [2.75, 3.05) is 47.1 Å². The van der Waals surface area contributed by atoms with Gasteiger partial charge < -0.3 is 39.2 Å². The van der Waals surface area contributed by atoms with Crippen LogP contribution in [-0.4, -0.2) is 75.4 Å². The van der Waals surface area contributed by atoms with Gasteiger partial charge in [-0.15, -0.1) is 0 Å². The van der Waals surface area contributed by atoms with Gasteiger partial charge in [-0.25, -0.2) is 9.59 Å². The first kappa shape index (κ1) is 25.9. The van der Waals surface area contributed by atoms with E-state index in [4.69, 9.17) is 43.5 Å². The van der Waals surface area contributed by atoms with Gasteiger partial charge in [-0.2, -0.15) is 0 Å². The summed E-state index contributed by atoms with van der Waals surface area (Å²) in [5.74, 6) is -1.72. The molecule has 0 spiro atoms. The number of methoxy groups -OCH3 is 2. The van der Waals surface area contributed by atoms with Gasteiger partial charge in [-0.05, 0) is 17.7 Å². The van der Waals surface area contributed by atoms with Crippen molar-refractivity contribution in [3.05, 3.63) is 54.1 Å². The fraction of sp³-hybridized carbons (Fsp3) is 0.391. The molecule has 3 rings (SSSR count). The predicted molar refractivity (Wildman–Crippen MR) is 118 cm³/mol. The zero-order valence-corrected chi connectivity index (χ0v) is 18.6. The number of hydrogen-bond acceptors (Lipinski definition) is 8. The Kier molecular flexibility index (Phi) is 10.9. The largest absolute Gasteiger partial charge is 0.493 e. The second-order valence-electron chi connectivity index (χ2n) is 6.85. The first-order chi connectivity index (χ1) is 16.0. The number of carboxylic acids is 2. The SMILES string of the molecule is COc1cccc(OC)c1OCCNC[C@@H]1COC[C@@H](c2ccccc2)O1.O=C(O)C(=O)O. The lowest BCUT2D eigenvalue weighted by Crippen LogP contribution is -2.39. The van der Waals surface area contributed by atoms with E-state index in [1.54, 1.807) is 14.2 Å². The number of nitrogens with one attached hydrogen (secondary N) is 1. The third-order valence-corrected chi connectivity index (χ3v) is 4.56. The van der Waals surface area contributed by atoms with E-state index in [0.29, 0.717) is 50.2 Å². The first-order valence-electron chi connectivity index (χ1n) is 10.2. The maximum absolute atomic E-state index is 9.10. The summed E-state index contributed by atoms with van der Waals surface area (Å²) in [4.78, 5) is 18.2. The summed E-state index contributed by atoms with van der Waals surface area (Å²) in [7, 11) is 3.23. The van der Waals surface area contributed by atoms with Crippen LogP contribution in [0.5, 0.6) is 17.2 Å². The highest BCUT2D eigenvalue weighted by molar-refractivity contribution is 6.27. The van der Waals surface area contributed by atoms with Crippen LogP contribution in [0, 0.1) is 0 Å². The molecule has 0 unspecified atom stereocenters. The molecule has 0 aromatic heterocycles. The molecule has 1 fully saturated rings. The molecule has 180 valence electrons. The molecule has 1 aliphatic rings. The van der Waals surface area contributed by atoms with Crippen LogP contribution >= 0.6 is 0 Å². The molecule has 1 heterocycles. The Labute approximate surface area is 192 Å². The van der Waals surface area contributed by atoms with Crippen molar-refractivity contribution in [3.63, 3.8) is 0 Å². The van der Waals surface area contributed by atoms with Gasteiger partial charge in [0.2, 0.25) is 5.75 Å². The van der Waals surface area contributed by atoms with Gasteiger partial charge in [0.15, 0.2) is 11.5 Å². The molecule has 3 N–H and O–H groups in total. The number of benzene rings is 2. The van der Waals surface area contributed by atoms with Crippen molar-refractivity contribution < 1.29 is 43.5 Å². The summed E-state index contributed by atoms with van der Waals surface area (Å²) in [6.45, 7) is 3.06. The molecule has 0 aliphatic carbocycles. The summed E-state index contributed by atoms with van der Waals surface area (Å²) in [6.07, 6.45) is 0.00518. The lowest BCUT2D eigenvalue weighted by molar-refractivity contribution is -0.159. The van der Waals surface area contributed by atoms with E-state index < -0.39 is 11.9 Å². The Hall–Kier alpha value is -3.34. The van der Waals surface area contributed by atoms with E-state index in [0.717, 1.165) is 5.56 Å². The quantitative estimate of drug-likeness (QED) is 0.374. The Balaban J connectivity index is 0.000000569. The maximum Gasteiger partial charge on any atom is 0.414 e. The Morgan fingerprint density at radius 1 is 0.970 bits per heavy atom. The minimum atomic E-state index is -1.82. The molecule has 33 heavy (non-hydrogen) atoms. The van der Waals surface area contributed by atoms with Gasteiger partial charge in [0, 0.05) is 13.1 Å². The summed E-state index contributed by atoms with van der Waals surface area (Å²) in [5.41, 5.74) is 1.15. The van der Waals surface area contributed by atoms with Crippen LogP contribution in [0.3, 0.4) is 0 Å². The third kappa shape index (κ3) is 8.60. The van der Waals surface area contributed by atoms with Crippen LogP contribution in [0.25, 0.3) is 0 Å². The standard InChI is InChI=1S/C21H27NO5.C2H2O4/c1-23-18-9-6-10-19(24-2)21(18)26-12-11-22-13-17-14-25-15-20(27-17)16-7-4-3-5-8-16;3-1(4)2(5)6/h3-10,17,20,22H,11-15H2,1-2H3;(H,3,4)(H,5,6)/t17-,20+;/m1./s1. The minimum absolute atomic E-state index is 0.0131. The second-order valence-corrected chi connectivity index (χ2v) is 6.85. The van der Waals surface area contributed by atoms with Gasteiger partial charge in [0.25, 0.3) is 0 Å². The van der Waals surface area contributed by atoms with Crippen LogP contribution in [-0.2, 0) is 19.1 Å². The van der Waals surface area contributed by atoms with E-state index in [9.17, 15) is 0 Å². The molecule has 0 saturated carbocycles. The van der Waals surface area contributed by atoms with E-state index in [-0.39, 0.29) is 12.2 Å². The smallest absolute Gasteiger partial charge is 0.414 e. The van der Waals surface area contributed by atoms with Crippen LogP contribution in [0.15, 0.2) is 48.5 Å². The third-order valence-electron chi connectivity index (χ3n) is 4.56. The van der Waals surface area contributed by atoms with Crippen LogP contribution in [0.1, 0.15) is 11.7 Å². The summed E-state index contributed by atoms with van der Waals surface area (Å²) >= 11 is 0. The topological polar surface area (TPSA) is 133 Å². The van der Waals surface area contributed by atoms with Crippen molar-refractivity contribution in [1.82, 2.24) is 5.32 Å². The van der Waals surface area contributed by atoms with Gasteiger partial charge in [0.05, 0.1) is 33.5 Å². The van der Waals surface area contributed by atoms with Gasteiger partial charge >= 0.3 is 11.9 Å². The Morgan fingerprint density at radius 2 is 1.61 bits per heavy atom. The molecule has 10 nitrogen and oxygen atoms in total. The zero-order valence-electron chi connectivity index (χ0n) is 18.6. The highest BCUT2D eigenvalue weighted by Crippen LogP contribution is 2.36. The molecule has 10 heteroatoms. The van der Waals surface area contributed by atoms with Crippen molar-refractivity contribution >= 4 is 11.9 Å². The number of hydrogen-bond donors (Lipinski definition) is 3. The summed E-state index contributed by atoms with van der Waals surface area (Å²) in [6, 6.07) is 15.7. The highest BCUT2D eigenvalue weighted by atomic mass is 16.6. The van der Waals surface area contributed by atoms with Crippen LogP contribution < -0.4 is 19.5 Å².